The van der Waals surface area contributed by atoms with Crippen LogP contribution in [0.25, 0.3) is 6.08 Å². The summed E-state index contributed by atoms with van der Waals surface area (Å²) < 4.78 is 11.6. The maximum atomic E-state index is 13.2. The topological polar surface area (TPSA) is 71.1 Å². The van der Waals surface area contributed by atoms with E-state index in [1.807, 2.05) is 48.5 Å². The highest BCUT2D eigenvalue weighted by Crippen LogP contribution is 2.35. The molecule has 2 amide bonds. The average Bonchev–Trinajstić information content (AvgIpc) is 3.21. The highest BCUT2D eigenvalue weighted by atomic mass is 32.2. The smallest absolute Gasteiger partial charge is 0.285 e. The minimum Gasteiger partial charge on any atom is -0.497 e. The van der Waals surface area contributed by atoms with Gasteiger partial charge in [-0.15, -0.1) is 0 Å². The van der Waals surface area contributed by atoms with Gasteiger partial charge >= 0.3 is 0 Å². The van der Waals surface area contributed by atoms with Crippen LogP contribution >= 0.6 is 24.0 Å². The summed E-state index contributed by atoms with van der Waals surface area (Å²) in [7, 11) is 1.55. The van der Waals surface area contributed by atoms with Crippen LogP contribution in [-0.4, -0.2) is 41.3 Å². The molecule has 0 atom stereocenters. The maximum Gasteiger partial charge on any atom is 0.285 e. The molecule has 3 aromatic carbocycles. The number of thioether (sulfide) groups is 1. The molecule has 0 radical (unpaired) electrons. The minimum absolute atomic E-state index is 0.245. The molecule has 0 bridgehead atoms. The van der Waals surface area contributed by atoms with E-state index in [1.54, 1.807) is 37.5 Å². The molecule has 7 nitrogen and oxygen atoms in total. The van der Waals surface area contributed by atoms with Crippen LogP contribution in [0.15, 0.2) is 77.7 Å². The first-order valence-electron chi connectivity index (χ1n) is 12.2. The van der Waals surface area contributed by atoms with Crippen LogP contribution in [0.4, 0.5) is 5.69 Å². The number of carbonyl (C=O) groups excluding carboxylic acids is 2. The number of hydrogen-bond donors (Lipinski definition) is 1. The Morgan fingerprint density at radius 2 is 1.76 bits per heavy atom. The van der Waals surface area contributed by atoms with Gasteiger partial charge < -0.3 is 14.4 Å². The maximum absolute atomic E-state index is 13.2. The molecule has 1 heterocycles. The van der Waals surface area contributed by atoms with Crippen molar-refractivity contribution in [2.45, 2.75) is 20.5 Å². The van der Waals surface area contributed by atoms with Crippen molar-refractivity contribution in [2.24, 2.45) is 0 Å². The molecule has 1 fully saturated rings. The van der Waals surface area contributed by atoms with E-state index < -0.39 is 11.8 Å². The quantitative estimate of drug-likeness (QED) is 0.259. The molecule has 1 saturated heterocycles. The molecule has 196 valence electrons. The highest BCUT2D eigenvalue weighted by molar-refractivity contribution is 8.26. The van der Waals surface area contributed by atoms with Crippen LogP contribution < -0.4 is 19.8 Å². The van der Waals surface area contributed by atoms with Crippen LogP contribution in [0.2, 0.25) is 0 Å². The van der Waals surface area contributed by atoms with E-state index in [-0.39, 0.29) is 4.32 Å². The molecule has 1 N–H and O–H groups in total. The van der Waals surface area contributed by atoms with Crippen molar-refractivity contribution in [3.05, 3.63) is 94.4 Å². The number of hydrogen-bond acceptors (Lipinski definition) is 7. The molecule has 0 aliphatic carbocycles. The Labute approximate surface area is 232 Å². The number of methoxy groups -OCH3 is 1. The second kappa shape index (κ2) is 12.6. The molecule has 9 heteroatoms. The molecular weight excluding hydrogens is 518 g/mol. The van der Waals surface area contributed by atoms with Crippen molar-refractivity contribution in [1.82, 2.24) is 10.4 Å². The molecule has 0 saturated carbocycles. The first-order valence-corrected chi connectivity index (χ1v) is 13.4. The minimum atomic E-state index is -0.444. The first kappa shape index (κ1) is 27.2. The largest absolute Gasteiger partial charge is 0.497 e. The summed E-state index contributed by atoms with van der Waals surface area (Å²) in [4.78, 5) is 28.6. The van der Waals surface area contributed by atoms with E-state index in [2.05, 4.69) is 24.2 Å². The third-order valence-electron chi connectivity index (χ3n) is 6.01. The van der Waals surface area contributed by atoms with E-state index in [4.69, 9.17) is 21.7 Å². The normalized spacial score (nSPS) is 14.1. The lowest BCUT2D eigenvalue weighted by atomic mass is 10.1. The summed E-state index contributed by atoms with van der Waals surface area (Å²) >= 11 is 6.54. The number of hydrazine groups is 1. The second-order valence-electron chi connectivity index (χ2n) is 8.36. The van der Waals surface area contributed by atoms with E-state index in [1.165, 1.54) is 0 Å². The number of thiocarbonyl (C=S) groups is 1. The number of rotatable bonds is 10. The molecular formula is C29H29N3O4S2. The van der Waals surface area contributed by atoms with E-state index >= 15 is 0 Å². The molecule has 4 rings (SSSR count). The fourth-order valence-corrected chi connectivity index (χ4v) is 5.07. The summed E-state index contributed by atoms with van der Waals surface area (Å²) in [5.41, 5.74) is 5.82. The van der Waals surface area contributed by atoms with Gasteiger partial charge in [0.1, 0.15) is 18.1 Å². The van der Waals surface area contributed by atoms with Gasteiger partial charge in [0.05, 0.1) is 12.0 Å². The molecule has 0 aromatic heterocycles. The lowest BCUT2D eigenvalue weighted by Gasteiger charge is -2.22. The Morgan fingerprint density at radius 1 is 1.05 bits per heavy atom. The van der Waals surface area contributed by atoms with Crippen molar-refractivity contribution in [1.29, 1.82) is 0 Å². The van der Waals surface area contributed by atoms with Crippen LogP contribution in [0.3, 0.4) is 0 Å². The Hall–Kier alpha value is -3.82. The Balaban J connectivity index is 1.57. The van der Waals surface area contributed by atoms with Crippen LogP contribution in [-0.2, 0) is 11.4 Å². The summed E-state index contributed by atoms with van der Waals surface area (Å²) in [6, 6.07) is 22.5. The monoisotopic (exact) mass is 547 g/mol. The number of benzene rings is 3. The van der Waals surface area contributed by atoms with Crippen molar-refractivity contribution in [3.63, 3.8) is 0 Å². The Kier molecular flexibility index (Phi) is 9.04. The zero-order chi connectivity index (χ0) is 27.1. The third-order valence-corrected chi connectivity index (χ3v) is 7.31. The predicted molar refractivity (Wildman–Crippen MR) is 156 cm³/mol. The number of ether oxygens (including phenoxy) is 2. The molecule has 3 aromatic rings. The van der Waals surface area contributed by atoms with Gasteiger partial charge in [-0.2, -0.15) is 5.01 Å². The van der Waals surface area contributed by atoms with Crippen molar-refractivity contribution < 1.29 is 19.1 Å². The molecule has 1 aliphatic rings. The van der Waals surface area contributed by atoms with E-state index in [9.17, 15) is 9.59 Å². The van der Waals surface area contributed by atoms with Gasteiger partial charge in [0.25, 0.3) is 11.8 Å². The lowest BCUT2D eigenvalue weighted by Crippen LogP contribution is -2.44. The fraction of sp³-hybridized carbons (Fsp3) is 0.207. The summed E-state index contributed by atoms with van der Waals surface area (Å²) in [5.74, 6) is 0.447. The number of carbonyl (C=O) groups is 2. The summed E-state index contributed by atoms with van der Waals surface area (Å²) in [6.45, 7) is 6.32. The van der Waals surface area contributed by atoms with Gasteiger partial charge in [0.2, 0.25) is 0 Å². The van der Waals surface area contributed by atoms with Crippen molar-refractivity contribution in [3.8, 4) is 11.5 Å². The zero-order valence-corrected chi connectivity index (χ0v) is 23.1. The molecule has 0 unspecified atom stereocenters. The molecule has 1 aliphatic heterocycles. The number of amides is 2. The third kappa shape index (κ3) is 6.35. The van der Waals surface area contributed by atoms with Gasteiger partial charge in [0, 0.05) is 36.0 Å². The second-order valence-corrected chi connectivity index (χ2v) is 10.0. The van der Waals surface area contributed by atoms with E-state index in [0.29, 0.717) is 28.6 Å². The highest BCUT2D eigenvalue weighted by Gasteiger charge is 2.34. The van der Waals surface area contributed by atoms with Crippen LogP contribution in [0.1, 0.15) is 35.3 Å². The standard InChI is InChI=1S/C29H29N3O4S2/c1-4-31(5-2)23-14-11-22(25(18-23)36-19-20-9-7-6-8-10-20)17-26-28(34)32(29(37)38-26)30-27(33)21-12-15-24(35-3)16-13-21/h6-18H,4-5,19H2,1-3H3,(H,30,33)/b26-17+. The number of nitrogens with zero attached hydrogens (tertiary/aromatic N) is 2. The number of anilines is 1. The van der Waals surface area contributed by atoms with Gasteiger partial charge in [-0.05, 0) is 74.1 Å². The Morgan fingerprint density at radius 3 is 2.42 bits per heavy atom. The van der Waals surface area contributed by atoms with E-state index in [0.717, 1.165) is 46.7 Å². The van der Waals surface area contributed by atoms with Crippen molar-refractivity contribution >= 4 is 51.9 Å². The fourth-order valence-electron chi connectivity index (χ4n) is 3.90. The first-order chi connectivity index (χ1) is 18.4. The zero-order valence-electron chi connectivity index (χ0n) is 21.5. The van der Waals surface area contributed by atoms with Crippen LogP contribution in [0.5, 0.6) is 11.5 Å². The van der Waals surface area contributed by atoms with Crippen molar-refractivity contribution in [2.75, 3.05) is 25.1 Å². The van der Waals surface area contributed by atoms with Gasteiger partial charge in [-0.3, -0.25) is 15.0 Å². The lowest BCUT2D eigenvalue weighted by molar-refractivity contribution is -0.123. The van der Waals surface area contributed by atoms with Crippen LogP contribution in [0, 0.1) is 0 Å². The summed E-state index contributed by atoms with van der Waals surface area (Å²) in [5, 5.41) is 1.10. The van der Waals surface area contributed by atoms with Gasteiger partial charge in [-0.25, -0.2) is 0 Å². The molecule has 38 heavy (non-hydrogen) atoms. The number of nitrogens with one attached hydrogen (secondary N) is 1. The predicted octanol–water partition coefficient (Wildman–Crippen LogP) is 5.67. The molecule has 0 spiro atoms. The summed E-state index contributed by atoms with van der Waals surface area (Å²) in [6.07, 6.45) is 1.76. The SMILES string of the molecule is CCN(CC)c1ccc(/C=C2/SC(=S)N(NC(=O)c3ccc(OC)cc3)C2=O)c(OCc2ccccc2)c1. The van der Waals surface area contributed by atoms with Gasteiger partial charge in [0.15, 0.2) is 4.32 Å². The Bertz CT molecular complexity index is 1340. The van der Waals surface area contributed by atoms with Gasteiger partial charge in [-0.1, -0.05) is 42.1 Å². The average molecular weight is 548 g/mol.